The van der Waals surface area contributed by atoms with Crippen molar-refractivity contribution in [3.05, 3.63) is 69.8 Å². The molecule has 26 heavy (non-hydrogen) atoms. The molecule has 0 unspecified atom stereocenters. The van der Waals surface area contributed by atoms with Crippen LogP contribution in [0.5, 0.6) is 5.75 Å². The Morgan fingerprint density at radius 3 is 2.42 bits per heavy atom. The Hall–Kier alpha value is -2.50. The Balaban J connectivity index is 0.00000105. The third kappa shape index (κ3) is 6.78. The molecule has 7 heteroatoms. The van der Waals surface area contributed by atoms with Crippen molar-refractivity contribution in [1.82, 2.24) is 0 Å². The van der Waals surface area contributed by atoms with Crippen molar-refractivity contribution >= 4 is 41.5 Å². The average molecular weight is 395 g/mol. The molecule has 138 valence electrons. The third-order valence-electron chi connectivity index (χ3n) is 3.20. The molecule has 0 saturated heterocycles. The number of nitrogens with zero attached hydrogens (tertiary/aromatic N) is 1. The van der Waals surface area contributed by atoms with Gasteiger partial charge in [0.05, 0.1) is 0 Å². The summed E-state index contributed by atoms with van der Waals surface area (Å²) < 4.78 is 5.81. The fourth-order valence-electron chi connectivity index (χ4n) is 1.99. The Labute approximate surface area is 162 Å². The summed E-state index contributed by atoms with van der Waals surface area (Å²) in [5.74, 6) is 0.711. The lowest BCUT2D eigenvalue weighted by Crippen LogP contribution is -1.98. The Bertz CT molecular complexity index is 757. The summed E-state index contributed by atoms with van der Waals surface area (Å²) in [6, 6.07) is 13.0. The van der Waals surface area contributed by atoms with Crippen LogP contribution in [-0.4, -0.2) is 24.3 Å². The Kier molecular flexibility index (Phi) is 9.90. The van der Waals surface area contributed by atoms with E-state index in [1.165, 1.54) is 6.20 Å². The van der Waals surface area contributed by atoms with Crippen LogP contribution < -0.4 is 10.5 Å². The van der Waals surface area contributed by atoms with Crippen molar-refractivity contribution in [2.45, 2.75) is 13.5 Å². The highest BCUT2D eigenvalue weighted by Crippen LogP contribution is 2.26. The number of allylic oxidation sites excluding steroid dienone is 1. The maximum Gasteiger partial charge on any atom is 0.290 e. The van der Waals surface area contributed by atoms with Gasteiger partial charge in [-0.3, -0.25) is 9.79 Å². The van der Waals surface area contributed by atoms with Crippen LogP contribution in [0.25, 0.3) is 5.57 Å². The van der Waals surface area contributed by atoms with E-state index >= 15 is 0 Å². The molecule has 0 heterocycles. The van der Waals surface area contributed by atoms with Crippen LogP contribution in [0, 0.1) is 0 Å². The van der Waals surface area contributed by atoms with Crippen molar-refractivity contribution in [2.24, 2.45) is 10.7 Å². The van der Waals surface area contributed by atoms with Crippen LogP contribution in [-0.2, 0) is 11.4 Å². The lowest BCUT2D eigenvalue weighted by molar-refractivity contribution is -0.122. The van der Waals surface area contributed by atoms with Crippen molar-refractivity contribution in [2.75, 3.05) is 6.54 Å². The molecule has 0 radical (unpaired) electrons. The number of hydrogen-bond acceptors (Lipinski definition) is 4. The second kappa shape index (κ2) is 12.0. The van der Waals surface area contributed by atoms with Crippen molar-refractivity contribution in [1.29, 1.82) is 0 Å². The van der Waals surface area contributed by atoms with E-state index in [9.17, 15) is 0 Å². The Morgan fingerprint density at radius 2 is 1.85 bits per heavy atom. The molecule has 0 fully saturated rings. The monoisotopic (exact) mass is 394 g/mol. The molecule has 2 aromatic rings. The Morgan fingerprint density at radius 1 is 1.23 bits per heavy atom. The van der Waals surface area contributed by atoms with E-state index in [4.69, 9.17) is 43.6 Å². The van der Waals surface area contributed by atoms with Gasteiger partial charge in [-0.2, -0.15) is 0 Å². The van der Waals surface area contributed by atoms with Gasteiger partial charge in [0.2, 0.25) is 0 Å². The number of benzene rings is 2. The molecule has 0 aliphatic carbocycles. The lowest BCUT2D eigenvalue weighted by atomic mass is 10.1. The zero-order valence-corrected chi connectivity index (χ0v) is 15.7. The number of aliphatic imine (C=N–C) groups is 1. The van der Waals surface area contributed by atoms with Crippen LogP contribution in [0.15, 0.2) is 53.7 Å². The van der Waals surface area contributed by atoms with Crippen LogP contribution in [0.1, 0.15) is 18.1 Å². The minimum Gasteiger partial charge on any atom is -0.489 e. The van der Waals surface area contributed by atoms with Gasteiger partial charge in [-0.1, -0.05) is 41.4 Å². The second-order valence-electron chi connectivity index (χ2n) is 4.87. The minimum absolute atomic E-state index is 0.250. The normalized spacial score (nSPS) is 11.0. The minimum atomic E-state index is -0.250. The first-order chi connectivity index (χ1) is 12.6. The molecule has 2 aromatic carbocycles. The molecule has 2 rings (SSSR count). The predicted molar refractivity (Wildman–Crippen MR) is 107 cm³/mol. The summed E-state index contributed by atoms with van der Waals surface area (Å²) in [6.45, 7) is 2.72. The van der Waals surface area contributed by atoms with E-state index in [0.717, 1.165) is 16.7 Å². The van der Waals surface area contributed by atoms with Gasteiger partial charge < -0.3 is 15.6 Å². The van der Waals surface area contributed by atoms with Gasteiger partial charge >= 0.3 is 0 Å². The van der Waals surface area contributed by atoms with E-state index in [-0.39, 0.29) is 6.47 Å². The third-order valence-corrected chi connectivity index (χ3v) is 3.91. The topological polar surface area (TPSA) is 84.9 Å². The molecular formula is C19H20Cl2N2O3. The highest BCUT2D eigenvalue weighted by molar-refractivity contribution is 6.35. The molecule has 0 aliphatic heterocycles. The molecule has 0 spiro atoms. The van der Waals surface area contributed by atoms with Gasteiger partial charge in [0.25, 0.3) is 6.47 Å². The quantitative estimate of drug-likeness (QED) is 0.550. The van der Waals surface area contributed by atoms with Crippen molar-refractivity contribution in [3.8, 4) is 5.75 Å². The number of carboxylic acid groups (broad SMARTS) is 1. The van der Waals surface area contributed by atoms with Crippen LogP contribution in [0.2, 0.25) is 10.0 Å². The van der Waals surface area contributed by atoms with Gasteiger partial charge in [0.1, 0.15) is 12.4 Å². The molecule has 0 aliphatic rings. The maximum atomic E-state index is 8.36. The van der Waals surface area contributed by atoms with Gasteiger partial charge in [0, 0.05) is 40.1 Å². The number of hydrogen-bond donors (Lipinski definition) is 2. The van der Waals surface area contributed by atoms with Crippen molar-refractivity contribution < 1.29 is 14.6 Å². The van der Waals surface area contributed by atoms with E-state index in [2.05, 4.69) is 4.99 Å². The maximum absolute atomic E-state index is 8.36. The standard InChI is InChI=1S/C18H18Cl2N2O.CH2O2/c1-2-22-11-14(10-21)13-5-3-6-15(9-13)23-12-16-17(19)7-4-8-18(16)20;2-1-3/h3-11H,2,12,21H2,1H3;1H,(H,2,3)/b14-10+,22-11?;. The van der Waals surface area contributed by atoms with E-state index < -0.39 is 0 Å². The molecule has 0 atom stereocenters. The summed E-state index contributed by atoms with van der Waals surface area (Å²) in [5.41, 5.74) is 8.22. The summed E-state index contributed by atoms with van der Waals surface area (Å²) in [7, 11) is 0. The molecule has 0 saturated carbocycles. The molecular weight excluding hydrogens is 375 g/mol. The fraction of sp³-hybridized carbons (Fsp3) is 0.158. The van der Waals surface area contributed by atoms with E-state index in [1.807, 2.05) is 31.2 Å². The first-order valence-electron chi connectivity index (χ1n) is 7.73. The highest BCUT2D eigenvalue weighted by atomic mass is 35.5. The zero-order valence-electron chi connectivity index (χ0n) is 14.2. The van der Waals surface area contributed by atoms with Gasteiger partial charge in [-0.05, 0) is 36.8 Å². The lowest BCUT2D eigenvalue weighted by Gasteiger charge is -2.11. The first kappa shape index (κ1) is 21.5. The molecule has 5 nitrogen and oxygen atoms in total. The second-order valence-corrected chi connectivity index (χ2v) is 5.69. The largest absolute Gasteiger partial charge is 0.489 e. The van der Waals surface area contributed by atoms with Crippen molar-refractivity contribution in [3.63, 3.8) is 0 Å². The van der Waals surface area contributed by atoms with Gasteiger partial charge in [-0.15, -0.1) is 0 Å². The molecule has 0 aromatic heterocycles. The highest BCUT2D eigenvalue weighted by Gasteiger charge is 2.07. The molecule has 3 N–H and O–H groups in total. The van der Waals surface area contributed by atoms with Crippen LogP contribution >= 0.6 is 23.2 Å². The van der Waals surface area contributed by atoms with E-state index in [0.29, 0.717) is 28.9 Å². The first-order valence-corrected chi connectivity index (χ1v) is 8.48. The molecule has 0 bridgehead atoms. The summed E-state index contributed by atoms with van der Waals surface area (Å²) >= 11 is 12.3. The SMILES string of the molecule is CCN=C/C(=C\N)c1cccc(OCc2c(Cl)cccc2Cl)c1.O=CO. The van der Waals surface area contributed by atoms with Crippen LogP contribution in [0.4, 0.5) is 0 Å². The smallest absolute Gasteiger partial charge is 0.290 e. The number of carbonyl (C=O) groups is 1. The summed E-state index contributed by atoms with van der Waals surface area (Å²) in [4.78, 5) is 12.6. The molecule has 0 amide bonds. The number of ether oxygens (including phenoxy) is 1. The number of nitrogens with two attached hydrogens (primary N) is 1. The summed E-state index contributed by atoms with van der Waals surface area (Å²) in [6.07, 6.45) is 3.28. The van der Waals surface area contributed by atoms with Gasteiger partial charge in [0.15, 0.2) is 0 Å². The summed E-state index contributed by atoms with van der Waals surface area (Å²) in [5, 5.41) is 8.07. The van der Waals surface area contributed by atoms with E-state index in [1.54, 1.807) is 24.4 Å². The zero-order chi connectivity index (χ0) is 19.4. The number of rotatable bonds is 6. The fourth-order valence-corrected chi connectivity index (χ4v) is 2.50. The van der Waals surface area contributed by atoms with Gasteiger partial charge in [-0.25, -0.2) is 0 Å². The van der Waals surface area contributed by atoms with Crippen LogP contribution in [0.3, 0.4) is 0 Å². The average Bonchev–Trinajstić information content (AvgIpc) is 2.63. The number of halogens is 2. The predicted octanol–water partition coefficient (Wildman–Crippen LogP) is 4.66.